The molecular formula is C24H29N5O4. The number of aryl methyl sites for hydroxylation is 2. The molecule has 0 aliphatic rings. The Bertz CT molecular complexity index is 1260. The number of carbonyl (C=O) groups excluding carboxylic acids is 1. The summed E-state index contributed by atoms with van der Waals surface area (Å²) in [5.41, 5.74) is 1.33. The normalized spacial score (nSPS) is 11.0. The van der Waals surface area contributed by atoms with Gasteiger partial charge >= 0.3 is 5.69 Å². The molecule has 0 atom stereocenters. The molecule has 0 saturated heterocycles. The number of nitrogens with one attached hydrogen (secondary N) is 1. The molecule has 0 aliphatic heterocycles. The van der Waals surface area contributed by atoms with Gasteiger partial charge in [0.2, 0.25) is 5.69 Å². The zero-order chi connectivity index (χ0) is 24.1. The van der Waals surface area contributed by atoms with Crippen LogP contribution in [0.2, 0.25) is 0 Å². The summed E-state index contributed by atoms with van der Waals surface area (Å²) >= 11 is 0. The van der Waals surface area contributed by atoms with E-state index in [-0.39, 0.29) is 12.2 Å². The molecule has 174 valence electrons. The van der Waals surface area contributed by atoms with Crippen molar-refractivity contribution in [2.24, 2.45) is 0 Å². The first kappa shape index (κ1) is 23.9. The Morgan fingerprint density at radius 2 is 1.79 bits per heavy atom. The molecular weight excluding hydrogens is 422 g/mol. The summed E-state index contributed by atoms with van der Waals surface area (Å²) in [6, 6.07) is 12.6. The van der Waals surface area contributed by atoms with E-state index in [0.717, 1.165) is 20.4 Å². The van der Waals surface area contributed by atoms with Crippen LogP contribution in [-0.4, -0.2) is 59.4 Å². The third kappa shape index (κ3) is 5.75. The van der Waals surface area contributed by atoms with Crippen molar-refractivity contribution in [3.05, 3.63) is 85.7 Å². The fourth-order valence-electron chi connectivity index (χ4n) is 3.47. The average Bonchev–Trinajstić information content (AvgIpc) is 2.75. The number of methoxy groups -OCH3 is 1. The summed E-state index contributed by atoms with van der Waals surface area (Å²) in [5.74, 6) is -0.0229. The molecule has 9 nitrogen and oxygen atoms in total. The Morgan fingerprint density at radius 3 is 2.42 bits per heavy atom. The second kappa shape index (κ2) is 10.3. The van der Waals surface area contributed by atoms with E-state index in [1.807, 2.05) is 38.9 Å². The molecule has 0 aliphatic carbocycles. The van der Waals surface area contributed by atoms with Gasteiger partial charge in [-0.2, -0.15) is 9.78 Å². The van der Waals surface area contributed by atoms with Crippen LogP contribution < -0.4 is 21.3 Å². The van der Waals surface area contributed by atoms with Crippen LogP contribution >= 0.6 is 0 Å². The highest BCUT2D eigenvalue weighted by Gasteiger charge is 2.20. The van der Waals surface area contributed by atoms with E-state index in [1.165, 1.54) is 0 Å². The Balaban J connectivity index is 2.14. The molecule has 0 fully saturated rings. The van der Waals surface area contributed by atoms with Crippen molar-refractivity contribution in [3.8, 4) is 11.4 Å². The molecule has 0 saturated carbocycles. The molecule has 0 bridgehead atoms. The number of carbonyl (C=O) groups is 1. The summed E-state index contributed by atoms with van der Waals surface area (Å²) in [6.07, 6.45) is 0. The highest BCUT2D eigenvalue weighted by Crippen LogP contribution is 2.14. The fraction of sp³-hybridized carbons (Fsp3) is 0.333. The maximum Gasteiger partial charge on any atom is 0.352 e. The van der Waals surface area contributed by atoms with E-state index in [9.17, 15) is 14.4 Å². The topological polar surface area (TPSA) is 98.5 Å². The van der Waals surface area contributed by atoms with Gasteiger partial charge in [-0.3, -0.25) is 14.2 Å². The Labute approximate surface area is 192 Å². The van der Waals surface area contributed by atoms with Crippen LogP contribution in [0, 0.1) is 13.8 Å². The molecule has 0 spiro atoms. The number of nitrogens with zero attached hydrogens (tertiary/aromatic N) is 4. The van der Waals surface area contributed by atoms with Gasteiger partial charge in [-0.25, -0.2) is 4.79 Å². The van der Waals surface area contributed by atoms with Crippen molar-refractivity contribution in [3.63, 3.8) is 0 Å². The highest BCUT2D eigenvalue weighted by atomic mass is 16.5. The predicted octanol–water partition coefficient (Wildman–Crippen LogP) is 1.36. The first-order valence-electron chi connectivity index (χ1n) is 10.6. The van der Waals surface area contributed by atoms with Crippen LogP contribution in [0.5, 0.6) is 5.75 Å². The molecule has 33 heavy (non-hydrogen) atoms. The molecule has 9 heteroatoms. The first-order chi connectivity index (χ1) is 15.7. The van der Waals surface area contributed by atoms with Crippen molar-refractivity contribution >= 4 is 5.91 Å². The summed E-state index contributed by atoms with van der Waals surface area (Å²) in [7, 11) is 5.30. The van der Waals surface area contributed by atoms with Gasteiger partial charge in [-0.15, -0.1) is 0 Å². The number of hydrogen-bond donors (Lipinski definition) is 1. The van der Waals surface area contributed by atoms with Crippen LogP contribution in [0.1, 0.15) is 27.2 Å². The van der Waals surface area contributed by atoms with Crippen LogP contribution in [0.25, 0.3) is 5.69 Å². The molecule has 1 N–H and O–H groups in total. The number of ether oxygens (including phenoxy) is 1. The van der Waals surface area contributed by atoms with Gasteiger partial charge in [-0.1, -0.05) is 18.2 Å². The zero-order valence-electron chi connectivity index (χ0n) is 19.6. The van der Waals surface area contributed by atoms with Gasteiger partial charge in [0.1, 0.15) is 5.75 Å². The minimum absolute atomic E-state index is 0.0276. The molecule has 1 heterocycles. The average molecular weight is 452 g/mol. The second-order valence-corrected chi connectivity index (χ2v) is 8.19. The number of likely N-dealkylation sites (N-methyl/N-ethyl adjacent to an activating group) is 1. The number of hydrogen-bond acceptors (Lipinski definition) is 6. The Morgan fingerprint density at radius 1 is 1.09 bits per heavy atom. The predicted molar refractivity (Wildman–Crippen MR) is 127 cm³/mol. The van der Waals surface area contributed by atoms with Crippen LogP contribution in [0.4, 0.5) is 0 Å². The van der Waals surface area contributed by atoms with Gasteiger partial charge in [-0.05, 0) is 68.9 Å². The number of amides is 1. The fourth-order valence-corrected chi connectivity index (χ4v) is 3.47. The third-order valence-corrected chi connectivity index (χ3v) is 5.05. The zero-order valence-corrected chi connectivity index (χ0v) is 19.6. The molecule has 2 aromatic carbocycles. The van der Waals surface area contributed by atoms with Gasteiger partial charge in [0.15, 0.2) is 0 Å². The maximum atomic E-state index is 13.3. The second-order valence-electron chi connectivity index (χ2n) is 8.19. The van der Waals surface area contributed by atoms with Crippen molar-refractivity contribution < 1.29 is 9.53 Å². The number of rotatable bonds is 8. The van der Waals surface area contributed by atoms with E-state index in [0.29, 0.717) is 30.1 Å². The van der Waals surface area contributed by atoms with Gasteiger partial charge in [0, 0.05) is 13.1 Å². The maximum absolute atomic E-state index is 13.3. The van der Waals surface area contributed by atoms with Crippen molar-refractivity contribution in [1.29, 1.82) is 0 Å². The van der Waals surface area contributed by atoms with E-state index in [4.69, 9.17) is 4.74 Å². The van der Waals surface area contributed by atoms with Crippen molar-refractivity contribution in [2.75, 3.05) is 34.3 Å². The molecule has 0 radical (unpaired) electrons. The summed E-state index contributed by atoms with van der Waals surface area (Å²) in [6.45, 7) is 4.72. The van der Waals surface area contributed by atoms with Crippen LogP contribution in [0.3, 0.4) is 0 Å². The molecule has 1 aromatic heterocycles. The monoisotopic (exact) mass is 451 g/mol. The summed E-state index contributed by atoms with van der Waals surface area (Å²) in [5, 5.41) is 6.89. The van der Waals surface area contributed by atoms with E-state index < -0.39 is 17.2 Å². The smallest absolute Gasteiger partial charge is 0.352 e. The quantitative estimate of drug-likeness (QED) is 0.555. The summed E-state index contributed by atoms with van der Waals surface area (Å²) in [4.78, 5) is 41.3. The number of benzene rings is 2. The largest absolute Gasteiger partial charge is 0.497 e. The number of aromatic nitrogens is 3. The first-order valence-corrected chi connectivity index (χ1v) is 10.6. The van der Waals surface area contributed by atoms with Gasteiger partial charge in [0.25, 0.3) is 11.5 Å². The van der Waals surface area contributed by atoms with Crippen LogP contribution in [-0.2, 0) is 6.54 Å². The highest BCUT2D eigenvalue weighted by molar-refractivity contribution is 5.91. The lowest BCUT2D eigenvalue weighted by Crippen LogP contribution is -2.46. The Kier molecular flexibility index (Phi) is 7.44. The van der Waals surface area contributed by atoms with E-state index in [1.54, 1.807) is 43.5 Å². The molecule has 3 aromatic rings. The molecule has 1 amide bonds. The van der Waals surface area contributed by atoms with Crippen molar-refractivity contribution in [1.82, 2.24) is 24.6 Å². The van der Waals surface area contributed by atoms with Gasteiger partial charge < -0.3 is 15.0 Å². The lowest BCUT2D eigenvalue weighted by Gasteiger charge is -2.14. The van der Waals surface area contributed by atoms with Crippen LogP contribution in [0.15, 0.2) is 52.1 Å². The minimum Gasteiger partial charge on any atom is -0.497 e. The Hall–Kier alpha value is -3.72. The molecule has 3 rings (SSSR count). The van der Waals surface area contributed by atoms with Gasteiger partial charge in [0.05, 0.1) is 19.3 Å². The SMILES string of the molecule is COc1cccc(Cn2c(=O)c(C(=O)NCCN(C)C)nn(-c3cc(C)cc(C)c3)c2=O)c1. The third-order valence-electron chi connectivity index (χ3n) is 5.05. The minimum atomic E-state index is -0.745. The summed E-state index contributed by atoms with van der Waals surface area (Å²) < 4.78 is 7.39. The van der Waals surface area contributed by atoms with E-state index >= 15 is 0 Å². The molecule has 0 unspecified atom stereocenters. The van der Waals surface area contributed by atoms with Crippen molar-refractivity contribution in [2.45, 2.75) is 20.4 Å². The van der Waals surface area contributed by atoms with E-state index in [2.05, 4.69) is 10.4 Å². The lowest BCUT2D eigenvalue weighted by molar-refractivity contribution is 0.0941. The lowest BCUT2D eigenvalue weighted by atomic mass is 10.1. The standard InChI is InChI=1S/C24H29N5O4/c1-16-11-17(2)13-19(12-16)29-24(32)28(15-18-7-6-8-20(14-18)33-5)23(31)21(26-29)22(30)25-9-10-27(3)4/h6-8,11-14H,9-10,15H2,1-5H3,(H,25,30).